The van der Waals surface area contributed by atoms with Crippen LogP contribution in [-0.4, -0.2) is 51.8 Å². The summed E-state index contributed by atoms with van der Waals surface area (Å²) in [5.74, 6) is 0.677. The molecule has 0 aliphatic rings. The zero-order valence-electron chi connectivity index (χ0n) is 14.4. The highest BCUT2D eigenvalue weighted by atomic mass is 16.5. The van der Waals surface area contributed by atoms with Crippen molar-refractivity contribution in [2.75, 3.05) is 46.9 Å². The van der Waals surface area contributed by atoms with Crippen LogP contribution in [0.2, 0.25) is 0 Å². The van der Waals surface area contributed by atoms with Crippen LogP contribution in [0.3, 0.4) is 0 Å². The normalized spacial score (nSPS) is 14.6. The maximum absolute atomic E-state index is 5.19. The molecule has 3 nitrogen and oxygen atoms in total. The Morgan fingerprint density at radius 1 is 1.24 bits per heavy atom. The number of methoxy groups -OCH3 is 1. The van der Waals surface area contributed by atoms with Gasteiger partial charge in [0.25, 0.3) is 0 Å². The molecular weight excluding hydrogens is 260 g/mol. The number of nitrogens with zero attached hydrogens (tertiary/aromatic N) is 1. The van der Waals surface area contributed by atoms with E-state index in [1.54, 1.807) is 7.11 Å². The van der Waals surface area contributed by atoms with E-state index in [-0.39, 0.29) is 5.41 Å². The van der Waals surface area contributed by atoms with Gasteiger partial charge in [-0.1, -0.05) is 51.1 Å². The molecular formula is C18H32N2O. The lowest BCUT2D eigenvalue weighted by Crippen LogP contribution is -2.45. The van der Waals surface area contributed by atoms with E-state index < -0.39 is 0 Å². The Labute approximate surface area is 130 Å². The van der Waals surface area contributed by atoms with Gasteiger partial charge in [0.2, 0.25) is 0 Å². The molecule has 1 unspecified atom stereocenters. The van der Waals surface area contributed by atoms with Crippen molar-refractivity contribution in [3.05, 3.63) is 35.9 Å². The van der Waals surface area contributed by atoms with Gasteiger partial charge in [0.15, 0.2) is 0 Å². The summed E-state index contributed by atoms with van der Waals surface area (Å²) in [6.07, 6.45) is 0. The van der Waals surface area contributed by atoms with Gasteiger partial charge in [-0.05, 0) is 25.1 Å². The number of likely N-dealkylation sites (N-methyl/N-ethyl adjacent to an activating group) is 1. The zero-order valence-corrected chi connectivity index (χ0v) is 14.4. The first-order chi connectivity index (χ1) is 9.98. The summed E-state index contributed by atoms with van der Waals surface area (Å²) in [4.78, 5) is 2.35. The number of nitrogens with one attached hydrogen (secondary N) is 1. The minimum atomic E-state index is 0.110. The van der Waals surface area contributed by atoms with E-state index in [1.807, 2.05) is 0 Å². The van der Waals surface area contributed by atoms with E-state index in [4.69, 9.17) is 4.74 Å². The fourth-order valence-electron chi connectivity index (χ4n) is 2.65. The highest BCUT2D eigenvalue weighted by Gasteiger charge is 2.27. The fraction of sp³-hybridized carbons (Fsp3) is 0.667. The predicted molar refractivity (Wildman–Crippen MR) is 90.9 cm³/mol. The number of benzene rings is 1. The number of rotatable bonds is 10. The first-order valence-electron chi connectivity index (χ1n) is 7.91. The first-order valence-corrected chi connectivity index (χ1v) is 7.91. The van der Waals surface area contributed by atoms with Gasteiger partial charge in [0, 0.05) is 32.2 Å². The predicted octanol–water partition coefficient (Wildman–Crippen LogP) is 2.77. The van der Waals surface area contributed by atoms with Crippen molar-refractivity contribution < 1.29 is 4.74 Å². The fourth-order valence-corrected chi connectivity index (χ4v) is 2.65. The topological polar surface area (TPSA) is 24.5 Å². The van der Waals surface area contributed by atoms with Crippen molar-refractivity contribution in [2.24, 2.45) is 5.92 Å². The molecule has 1 N–H and O–H groups in total. The van der Waals surface area contributed by atoms with Gasteiger partial charge in [-0.2, -0.15) is 0 Å². The lowest BCUT2D eigenvalue weighted by atomic mass is 9.81. The van der Waals surface area contributed by atoms with Gasteiger partial charge in [-0.25, -0.2) is 0 Å². The Morgan fingerprint density at radius 2 is 1.90 bits per heavy atom. The Bertz CT molecular complexity index is 380. The Balaban J connectivity index is 2.73. The summed E-state index contributed by atoms with van der Waals surface area (Å²) in [6.45, 7) is 11.7. The molecule has 3 heteroatoms. The number of hydrogen-bond acceptors (Lipinski definition) is 3. The van der Waals surface area contributed by atoms with Gasteiger partial charge in [-0.15, -0.1) is 0 Å². The molecule has 0 amide bonds. The largest absolute Gasteiger partial charge is 0.383 e. The Morgan fingerprint density at radius 3 is 2.48 bits per heavy atom. The van der Waals surface area contributed by atoms with E-state index in [9.17, 15) is 0 Å². The maximum atomic E-state index is 5.19. The summed E-state index contributed by atoms with van der Waals surface area (Å²) in [6, 6.07) is 10.8. The van der Waals surface area contributed by atoms with Gasteiger partial charge in [-0.3, -0.25) is 0 Å². The molecule has 0 saturated carbocycles. The highest BCUT2D eigenvalue weighted by Crippen LogP contribution is 2.24. The summed E-state index contributed by atoms with van der Waals surface area (Å²) in [5.41, 5.74) is 1.50. The van der Waals surface area contributed by atoms with E-state index in [1.165, 1.54) is 5.56 Å². The van der Waals surface area contributed by atoms with Gasteiger partial charge in [0.05, 0.1) is 6.61 Å². The van der Waals surface area contributed by atoms with Crippen LogP contribution in [-0.2, 0) is 10.2 Å². The molecule has 0 radical (unpaired) electrons. The van der Waals surface area contributed by atoms with Crippen LogP contribution < -0.4 is 5.32 Å². The second kappa shape index (κ2) is 9.19. The first kappa shape index (κ1) is 18.1. The van der Waals surface area contributed by atoms with E-state index in [0.717, 1.165) is 32.8 Å². The van der Waals surface area contributed by atoms with Crippen LogP contribution in [0.5, 0.6) is 0 Å². The molecule has 0 aliphatic carbocycles. The molecule has 21 heavy (non-hydrogen) atoms. The molecule has 0 aliphatic heterocycles. The minimum Gasteiger partial charge on any atom is -0.383 e. The summed E-state index contributed by atoms with van der Waals surface area (Å²) < 4.78 is 5.19. The SMILES string of the molecule is COCCN(C)CC(C)(CNCC(C)C)c1ccccc1. The average molecular weight is 292 g/mol. The third kappa shape index (κ3) is 6.60. The average Bonchev–Trinajstić information content (AvgIpc) is 2.45. The monoisotopic (exact) mass is 292 g/mol. The van der Waals surface area contributed by atoms with Crippen LogP contribution in [0.15, 0.2) is 30.3 Å². The maximum Gasteiger partial charge on any atom is 0.0589 e. The Hall–Kier alpha value is -0.900. The third-order valence-electron chi connectivity index (χ3n) is 3.83. The van der Waals surface area contributed by atoms with Crippen molar-refractivity contribution in [1.82, 2.24) is 10.2 Å². The van der Waals surface area contributed by atoms with Crippen LogP contribution >= 0.6 is 0 Å². The van der Waals surface area contributed by atoms with E-state index >= 15 is 0 Å². The van der Waals surface area contributed by atoms with Crippen LogP contribution in [0.4, 0.5) is 0 Å². The molecule has 1 aromatic rings. The summed E-state index contributed by atoms with van der Waals surface area (Å²) >= 11 is 0. The smallest absolute Gasteiger partial charge is 0.0589 e. The summed E-state index contributed by atoms with van der Waals surface area (Å²) in [7, 11) is 3.93. The van der Waals surface area contributed by atoms with Crippen molar-refractivity contribution in [2.45, 2.75) is 26.2 Å². The second-order valence-electron chi connectivity index (χ2n) is 6.68. The molecule has 0 aromatic heterocycles. The highest BCUT2D eigenvalue weighted by molar-refractivity contribution is 5.25. The van der Waals surface area contributed by atoms with Crippen molar-refractivity contribution in [3.8, 4) is 0 Å². The van der Waals surface area contributed by atoms with E-state index in [0.29, 0.717) is 5.92 Å². The molecule has 0 saturated heterocycles. The third-order valence-corrected chi connectivity index (χ3v) is 3.83. The zero-order chi connectivity index (χ0) is 15.7. The standard InChI is InChI=1S/C18H32N2O/c1-16(2)13-19-14-18(3,15-20(4)11-12-21-5)17-9-7-6-8-10-17/h6-10,16,19H,11-15H2,1-5H3. The minimum absolute atomic E-state index is 0.110. The van der Waals surface area contributed by atoms with Crippen molar-refractivity contribution in [1.29, 1.82) is 0 Å². The van der Waals surface area contributed by atoms with Gasteiger partial charge >= 0.3 is 0 Å². The van der Waals surface area contributed by atoms with Crippen molar-refractivity contribution >= 4 is 0 Å². The molecule has 0 heterocycles. The molecule has 1 atom stereocenters. The molecule has 0 spiro atoms. The number of hydrogen-bond donors (Lipinski definition) is 1. The Kier molecular flexibility index (Phi) is 7.94. The molecule has 120 valence electrons. The molecule has 1 aromatic carbocycles. The lowest BCUT2D eigenvalue weighted by Gasteiger charge is -2.35. The lowest BCUT2D eigenvalue weighted by molar-refractivity contribution is 0.147. The molecule has 1 rings (SSSR count). The second-order valence-corrected chi connectivity index (χ2v) is 6.68. The van der Waals surface area contributed by atoms with Gasteiger partial charge in [0.1, 0.15) is 0 Å². The van der Waals surface area contributed by atoms with Crippen LogP contribution in [0, 0.1) is 5.92 Å². The van der Waals surface area contributed by atoms with Gasteiger partial charge < -0.3 is 15.0 Å². The van der Waals surface area contributed by atoms with Crippen molar-refractivity contribution in [3.63, 3.8) is 0 Å². The number of ether oxygens (including phenoxy) is 1. The molecule has 0 fully saturated rings. The molecule has 0 bridgehead atoms. The van der Waals surface area contributed by atoms with Crippen LogP contribution in [0.1, 0.15) is 26.3 Å². The van der Waals surface area contributed by atoms with E-state index in [2.05, 4.69) is 68.4 Å². The van der Waals surface area contributed by atoms with Crippen LogP contribution in [0.25, 0.3) is 0 Å². The summed E-state index contributed by atoms with van der Waals surface area (Å²) in [5, 5.41) is 3.63. The quantitative estimate of drug-likeness (QED) is 0.717.